The van der Waals surface area contributed by atoms with Gasteiger partial charge < -0.3 is 10.2 Å². The van der Waals surface area contributed by atoms with Crippen molar-refractivity contribution in [2.24, 2.45) is 5.92 Å². The first-order valence-corrected chi connectivity index (χ1v) is 9.15. The predicted molar refractivity (Wildman–Crippen MR) is 92.4 cm³/mol. The van der Waals surface area contributed by atoms with Crippen LogP contribution in [-0.4, -0.2) is 34.1 Å². The number of rotatable bonds is 11. The monoisotopic (exact) mass is 343 g/mol. The largest absolute Gasteiger partial charge is 0.481 e. The molecule has 6 nitrogen and oxygen atoms in total. The second-order valence-electron chi connectivity index (χ2n) is 6.33. The highest BCUT2D eigenvalue weighted by atomic mass is 16.4. The van der Waals surface area contributed by atoms with Crippen LogP contribution in [0.3, 0.4) is 0 Å². The Kier molecular flexibility index (Phi) is 13.1. The summed E-state index contributed by atoms with van der Waals surface area (Å²) in [5.74, 6) is -1.71. The molecule has 0 aromatic rings. The van der Waals surface area contributed by atoms with E-state index in [4.69, 9.17) is 5.11 Å². The van der Waals surface area contributed by atoms with Gasteiger partial charge in [-0.1, -0.05) is 58.8 Å². The van der Waals surface area contributed by atoms with Gasteiger partial charge in [0.1, 0.15) is 0 Å². The molecule has 0 aliphatic carbocycles. The summed E-state index contributed by atoms with van der Waals surface area (Å²) in [6.07, 6.45) is 8.71. The summed E-state index contributed by atoms with van der Waals surface area (Å²) in [7, 11) is 0. The Morgan fingerprint density at radius 2 is 1.46 bits per heavy atom. The van der Waals surface area contributed by atoms with E-state index in [1.165, 1.54) is 6.42 Å². The van der Waals surface area contributed by atoms with Crippen LogP contribution in [0.4, 0.5) is 0 Å². The van der Waals surface area contributed by atoms with Gasteiger partial charge in [-0.15, -0.1) is 0 Å². The van der Waals surface area contributed by atoms with Crippen LogP contribution in [0.2, 0.25) is 0 Å². The summed E-state index contributed by atoms with van der Waals surface area (Å²) < 4.78 is 0. The van der Waals surface area contributed by atoms with E-state index >= 15 is 0 Å². The number of imide groups is 1. The molecule has 140 valence electrons. The summed E-state index contributed by atoms with van der Waals surface area (Å²) in [5.41, 5.74) is 0. The second-order valence-corrected chi connectivity index (χ2v) is 6.33. The molecule has 1 aliphatic rings. The topological polar surface area (TPSA) is 104 Å². The molecule has 24 heavy (non-hydrogen) atoms. The van der Waals surface area contributed by atoms with Gasteiger partial charge in [-0.3, -0.25) is 19.7 Å². The Morgan fingerprint density at radius 1 is 0.958 bits per heavy atom. The smallest absolute Gasteiger partial charge is 0.309 e. The molecule has 1 aliphatic heterocycles. The molecule has 0 radical (unpaired) electrons. The number of hydrogen-bond donors (Lipinski definition) is 3. The van der Waals surface area contributed by atoms with Crippen molar-refractivity contribution >= 4 is 17.8 Å². The normalized spacial score (nSPS) is 16.1. The molecular weight excluding hydrogens is 310 g/mol. The number of aliphatic carboxylic acids is 1. The first kappa shape index (κ1) is 22.6. The first-order valence-electron chi connectivity index (χ1n) is 9.15. The molecule has 2 amide bonds. The average Bonchev–Trinajstić information content (AvgIpc) is 2.91. The maximum Gasteiger partial charge on any atom is 0.309 e. The molecule has 1 fully saturated rings. The van der Waals surface area contributed by atoms with Crippen molar-refractivity contribution in [3.8, 4) is 0 Å². The van der Waals surface area contributed by atoms with Crippen LogP contribution in [0, 0.1) is 5.92 Å². The number of aliphatic hydroxyl groups is 1. The fraction of sp³-hybridized carbons (Fsp3) is 0.833. The van der Waals surface area contributed by atoms with Gasteiger partial charge in [0.2, 0.25) is 11.8 Å². The standard InChI is InChI=1S/C14H28O3.C4H5NO2/c1-3-5-7-9-11-13(15)12(14(16)17)10-8-6-4-2;6-3-1-2-4(7)5-3/h12-13,15H,3-11H2,1-2H3,(H,16,17);1-2H2,(H,5,6,7). The Bertz CT molecular complexity index is 370. The minimum absolute atomic E-state index is 0.148. The third-order valence-corrected chi connectivity index (χ3v) is 4.11. The molecule has 0 spiro atoms. The van der Waals surface area contributed by atoms with Gasteiger partial charge in [-0.2, -0.15) is 0 Å². The highest BCUT2D eigenvalue weighted by Gasteiger charge is 2.25. The zero-order valence-corrected chi connectivity index (χ0v) is 15.1. The van der Waals surface area contributed by atoms with E-state index in [0.717, 1.165) is 38.5 Å². The first-order chi connectivity index (χ1) is 11.4. The Morgan fingerprint density at radius 3 is 1.88 bits per heavy atom. The Balaban J connectivity index is 0.000000620. The number of carbonyl (C=O) groups excluding carboxylic acids is 2. The maximum atomic E-state index is 11.1. The van der Waals surface area contributed by atoms with E-state index in [2.05, 4.69) is 19.2 Å². The molecule has 2 unspecified atom stereocenters. The van der Waals surface area contributed by atoms with Crippen LogP contribution in [-0.2, 0) is 14.4 Å². The summed E-state index contributed by atoms with van der Waals surface area (Å²) in [6, 6.07) is 0. The lowest BCUT2D eigenvalue weighted by Gasteiger charge is -2.18. The van der Waals surface area contributed by atoms with Gasteiger partial charge in [0.25, 0.3) is 0 Å². The van der Waals surface area contributed by atoms with Crippen molar-refractivity contribution in [2.45, 2.75) is 90.6 Å². The number of nitrogens with one attached hydrogen (secondary N) is 1. The predicted octanol–water partition coefficient (Wildman–Crippen LogP) is 3.02. The van der Waals surface area contributed by atoms with Crippen LogP contribution in [0.15, 0.2) is 0 Å². The molecule has 3 N–H and O–H groups in total. The minimum Gasteiger partial charge on any atom is -0.481 e. The van der Waals surface area contributed by atoms with Gasteiger partial charge in [-0.05, 0) is 12.8 Å². The lowest BCUT2D eigenvalue weighted by atomic mass is 9.92. The van der Waals surface area contributed by atoms with Crippen LogP contribution < -0.4 is 5.32 Å². The van der Waals surface area contributed by atoms with E-state index < -0.39 is 18.0 Å². The van der Waals surface area contributed by atoms with Gasteiger partial charge in [0, 0.05) is 12.8 Å². The zero-order chi connectivity index (χ0) is 18.4. The molecule has 0 aromatic carbocycles. The lowest BCUT2D eigenvalue weighted by molar-refractivity contribution is -0.146. The summed E-state index contributed by atoms with van der Waals surface area (Å²) >= 11 is 0. The Labute approximate surface area is 145 Å². The molecule has 1 rings (SSSR count). The zero-order valence-electron chi connectivity index (χ0n) is 15.1. The van der Waals surface area contributed by atoms with Gasteiger partial charge >= 0.3 is 5.97 Å². The Hall–Kier alpha value is -1.43. The van der Waals surface area contributed by atoms with Crippen LogP contribution in [0.1, 0.15) is 84.5 Å². The van der Waals surface area contributed by atoms with Crippen LogP contribution >= 0.6 is 0 Å². The third kappa shape index (κ3) is 11.2. The molecule has 0 saturated carbocycles. The van der Waals surface area contributed by atoms with Crippen LogP contribution in [0.25, 0.3) is 0 Å². The fourth-order valence-corrected chi connectivity index (χ4v) is 2.58. The summed E-state index contributed by atoms with van der Waals surface area (Å²) in [4.78, 5) is 31.3. The SMILES string of the molecule is CCCCCCC(O)C(CCCCC)C(=O)O.O=C1CCC(=O)N1. The number of amides is 2. The van der Waals surface area contributed by atoms with Crippen molar-refractivity contribution in [1.29, 1.82) is 0 Å². The van der Waals surface area contributed by atoms with E-state index in [9.17, 15) is 19.5 Å². The number of carbonyl (C=O) groups is 3. The number of carboxylic acid groups (broad SMARTS) is 1. The molecule has 6 heteroatoms. The number of carboxylic acids is 1. The molecule has 1 saturated heterocycles. The quantitative estimate of drug-likeness (QED) is 0.395. The molecule has 2 atom stereocenters. The van der Waals surface area contributed by atoms with Crippen molar-refractivity contribution in [3.63, 3.8) is 0 Å². The number of unbranched alkanes of at least 4 members (excludes halogenated alkanes) is 5. The summed E-state index contributed by atoms with van der Waals surface area (Å²) in [5, 5.41) is 21.1. The fourth-order valence-electron chi connectivity index (χ4n) is 2.58. The molecule has 0 bridgehead atoms. The number of hydrogen-bond acceptors (Lipinski definition) is 4. The van der Waals surface area contributed by atoms with Crippen molar-refractivity contribution in [3.05, 3.63) is 0 Å². The molecule has 1 heterocycles. The summed E-state index contributed by atoms with van der Waals surface area (Å²) in [6.45, 7) is 4.23. The lowest BCUT2D eigenvalue weighted by Crippen LogP contribution is -2.28. The minimum atomic E-state index is -0.843. The van der Waals surface area contributed by atoms with E-state index in [0.29, 0.717) is 25.7 Å². The van der Waals surface area contributed by atoms with Gasteiger partial charge in [-0.25, -0.2) is 0 Å². The molecular formula is C18H33NO5. The van der Waals surface area contributed by atoms with Crippen molar-refractivity contribution in [1.82, 2.24) is 5.32 Å². The van der Waals surface area contributed by atoms with Crippen LogP contribution in [0.5, 0.6) is 0 Å². The van der Waals surface area contributed by atoms with E-state index in [-0.39, 0.29) is 11.8 Å². The van der Waals surface area contributed by atoms with Gasteiger partial charge in [0.05, 0.1) is 12.0 Å². The maximum absolute atomic E-state index is 11.1. The average molecular weight is 343 g/mol. The highest BCUT2D eigenvalue weighted by molar-refractivity contribution is 6.01. The second kappa shape index (κ2) is 14.0. The van der Waals surface area contributed by atoms with E-state index in [1.807, 2.05) is 0 Å². The number of aliphatic hydroxyl groups excluding tert-OH is 1. The van der Waals surface area contributed by atoms with E-state index in [1.54, 1.807) is 0 Å². The molecule has 0 aromatic heterocycles. The third-order valence-electron chi connectivity index (χ3n) is 4.11. The van der Waals surface area contributed by atoms with Crippen molar-refractivity contribution < 1.29 is 24.6 Å². The van der Waals surface area contributed by atoms with Gasteiger partial charge in [0.15, 0.2) is 0 Å². The van der Waals surface area contributed by atoms with Crippen molar-refractivity contribution in [2.75, 3.05) is 0 Å². The highest BCUT2D eigenvalue weighted by Crippen LogP contribution is 2.19.